The molecule has 2 aromatic rings. The van der Waals surface area contributed by atoms with E-state index in [-0.39, 0.29) is 0 Å². The second kappa shape index (κ2) is 5.78. The fourth-order valence-electron chi connectivity index (χ4n) is 2.68. The number of methoxy groups -OCH3 is 1. The normalized spacial score (nSPS) is 14.2. The summed E-state index contributed by atoms with van der Waals surface area (Å²) in [6, 6.07) is 13.1. The van der Waals surface area contributed by atoms with E-state index >= 15 is 0 Å². The van der Waals surface area contributed by atoms with E-state index in [4.69, 9.17) is 4.74 Å². The zero-order chi connectivity index (χ0) is 14.1. The van der Waals surface area contributed by atoms with Crippen LogP contribution in [0.4, 0.5) is 5.69 Å². The quantitative estimate of drug-likeness (QED) is 0.804. The van der Waals surface area contributed by atoms with Crippen LogP contribution in [0.25, 0.3) is 0 Å². The Morgan fingerprint density at radius 3 is 2.30 bits per heavy atom. The van der Waals surface area contributed by atoms with Gasteiger partial charge < -0.3 is 10.1 Å². The molecule has 1 aliphatic carbocycles. The first-order chi connectivity index (χ1) is 9.67. The molecule has 0 saturated heterocycles. The van der Waals surface area contributed by atoms with E-state index < -0.39 is 0 Å². The molecule has 104 valence electrons. The van der Waals surface area contributed by atoms with Crippen LogP contribution in [0.3, 0.4) is 0 Å². The zero-order valence-corrected chi connectivity index (χ0v) is 14.3. The van der Waals surface area contributed by atoms with Gasteiger partial charge >= 0.3 is 0 Å². The molecule has 0 heterocycles. The highest BCUT2D eigenvalue weighted by Gasteiger charge is 2.21. The van der Waals surface area contributed by atoms with Crippen LogP contribution in [0, 0.1) is 0 Å². The van der Waals surface area contributed by atoms with Crippen molar-refractivity contribution in [2.45, 2.75) is 18.9 Å². The Labute approximate surface area is 135 Å². The third kappa shape index (κ3) is 2.72. The number of benzene rings is 2. The van der Waals surface area contributed by atoms with Crippen molar-refractivity contribution in [3.05, 3.63) is 56.5 Å². The summed E-state index contributed by atoms with van der Waals surface area (Å²) < 4.78 is 7.35. The monoisotopic (exact) mass is 395 g/mol. The molecule has 1 N–H and O–H groups in total. The van der Waals surface area contributed by atoms with Crippen molar-refractivity contribution in [2.75, 3.05) is 12.4 Å². The van der Waals surface area contributed by atoms with Crippen LogP contribution in [0.1, 0.15) is 11.1 Å². The predicted octanol–water partition coefficient (Wildman–Crippen LogP) is 4.80. The Balaban J connectivity index is 1.80. The number of nitrogens with one attached hydrogen (secondary N) is 1. The minimum Gasteiger partial charge on any atom is -0.495 e. The van der Waals surface area contributed by atoms with E-state index in [1.807, 2.05) is 12.1 Å². The van der Waals surface area contributed by atoms with Gasteiger partial charge in [0.2, 0.25) is 0 Å². The van der Waals surface area contributed by atoms with E-state index in [2.05, 4.69) is 61.4 Å². The molecular formula is C16H15Br2NO. The Morgan fingerprint density at radius 1 is 1.05 bits per heavy atom. The van der Waals surface area contributed by atoms with Crippen LogP contribution >= 0.6 is 31.9 Å². The van der Waals surface area contributed by atoms with Crippen LogP contribution in [-0.2, 0) is 12.8 Å². The van der Waals surface area contributed by atoms with E-state index in [0.717, 1.165) is 33.2 Å². The average Bonchev–Trinajstić information content (AvgIpc) is 2.84. The smallest absolute Gasteiger partial charge is 0.135 e. The highest BCUT2D eigenvalue weighted by atomic mass is 79.9. The number of hydrogen-bond donors (Lipinski definition) is 1. The van der Waals surface area contributed by atoms with Crippen LogP contribution in [-0.4, -0.2) is 13.2 Å². The third-order valence-corrected chi connectivity index (χ3v) is 4.93. The topological polar surface area (TPSA) is 21.3 Å². The maximum absolute atomic E-state index is 5.36. The summed E-state index contributed by atoms with van der Waals surface area (Å²) in [4.78, 5) is 0. The summed E-state index contributed by atoms with van der Waals surface area (Å²) in [7, 11) is 1.68. The van der Waals surface area contributed by atoms with Gasteiger partial charge in [0.05, 0.1) is 17.3 Å². The molecule has 20 heavy (non-hydrogen) atoms. The van der Waals surface area contributed by atoms with E-state index in [9.17, 15) is 0 Å². The molecule has 1 aliphatic rings. The molecule has 0 bridgehead atoms. The molecule has 0 aliphatic heterocycles. The van der Waals surface area contributed by atoms with E-state index in [1.54, 1.807) is 7.11 Å². The Hall–Kier alpha value is -1.000. The van der Waals surface area contributed by atoms with E-state index in [0.29, 0.717) is 6.04 Å². The van der Waals surface area contributed by atoms with Crippen molar-refractivity contribution in [3.63, 3.8) is 0 Å². The largest absolute Gasteiger partial charge is 0.495 e. The van der Waals surface area contributed by atoms with Crippen molar-refractivity contribution < 1.29 is 4.74 Å². The van der Waals surface area contributed by atoms with E-state index in [1.165, 1.54) is 11.1 Å². The second-order valence-electron chi connectivity index (χ2n) is 4.98. The molecule has 4 heteroatoms. The molecule has 0 spiro atoms. The van der Waals surface area contributed by atoms with Crippen LogP contribution < -0.4 is 10.1 Å². The third-order valence-electron chi connectivity index (χ3n) is 3.65. The van der Waals surface area contributed by atoms with Crippen LogP contribution in [0.5, 0.6) is 5.75 Å². The number of rotatable bonds is 3. The number of fused-ring (bicyclic) bond motifs is 1. The van der Waals surface area contributed by atoms with Gasteiger partial charge in [-0.1, -0.05) is 24.3 Å². The average molecular weight is 397 g/mol. The van der Waals surface area contributed by atoms with Gasteiger partial charge in [-0.15, -0.1) is 0 Å². The molecule has 0 fully saturated rings. The number of halogens is 2. The molecule has 0 radical (unpaired) electrons. The first kappa shape index (κ1) is 14.0. The number of ether oxygens (including phenoxy) is 1. The minimum absolute atomic E-state index is 0.439. The molecule has 0 amide bonds. The lowest BCUT2D eigenvalue weighted by Crippen LogP contribution is -2.19. The molecule has 3 rings (SSSR count). The Morgan fingerprint density at radius 2 is 1.70 bits per heavy atom. The van der Waals surface area contributed by atoms with Crippen LogP contribution in [0.15, 0.2) is 45.3 Å². The lowest BCUT2D eigenvalue weighted by molar-refractivity contribution is 0.412. The highest BCUT2D eigenvalue weighted by Crippen LogP contribution is 2.36. The van der Waals surface area contributed by atoms with Gasteiger partial charge in [0, 0.05) is 16.6 Å². The predicted molar refractivity (Wildman–Crippen MR) is 89.7 cm³/mol. The maximum atomic E-state index is 5.36. The summed E-state index contributed by atoms with van der Waals surface area (Å²) in [6.45, 7) is 0. The Kier molecular flexibility index (Phi) is 4.03. The lowest BCUT2D eigenvalue weighted by Gasteiger charge is -2.16. The first-order valence-electron chi connectivity index (χ1n) is 6.53. The summed E-state index contributed by atoms with van der Waals surface area (Å²) in [5, 5.41) is 3.61. The second-order valence-corrected chi connectivity index (χ2v) is 6.69. The van der Waals surface area contributed by atoms with Crippen molar-refractivity contribution in [2.24, 2.45) is 0 Å². The fourth-order valence-corrected chi connectivity index (χ4v) is 3.95. The molecule has 2 aromatic carbocycles. The van der Waals surface area contributed by atoms with Gasteiger partial charge in [0.1, 0.15) is 5.75 Å². The SMILES string of the molecule is COc1cc(NC2Cc3ccccc3C2)c(Br)cc1Br. The summed E-state index contributed by atoms with van der Waals surface area (Å²) in [5.41, 5.74) is 3.97. The first-order valence-corrected chi connectivity index (χ1v) is 8.12. The van der Waals surface area contributed by atoms with Crippen molar-refractivity contribution in [3.8, 4) is 5.75 Å². The summed E-state index contributed by atoms with van der Waals surface area (Å²) in [6.07, 6.45) is 2.14. The minimum atomic E-state index is 0.439. The standard InChI is InChI=1S/C16H15Br2NO/c1-20-16-9-15(13(17)8-14(16)18)19-12-6-10-4-2-3-5-11(10)7-12/h2-5,8-9,12,19H,6-7H2,1H3. The van der Waals surface area contributed by atoms with Crippen LogP contribution in [0.2, 0.25) is 0 Å². The van der Waals surface area contributed by atoms with Crippen molar-refractivity contribution in [1.29, 1.82) is 0 Å². The van der Waals surface area contributed by atoms with Gasteiger partial charge in [-0.3, -0.25) is 0 Å². The molecule has 2 nitrogen and oxygen atoms in total. The van der Waals surface area contributed by atoms with Gasteiger partial charge in [0.15, 0.2) is 0 Å². The highest BCUT2D eigenvalue weighted by molar-refractivity contribution is 9.11. The van der Waals surface area contributed by atoms with Crippen molar-refractivity contribution in [1.82, 2.24) is 0 Å². The maximum Gasteiger partial charge on any atom is 0.135 e. The van der Waals surface area contributed by atoms with Gasteiger partial charge in [-0.05, 0) is 61.9 Å². The molecule has 0 unspecified atom stereocenters. The molecule has 0 saturated carbocycles. The van der Waals surface area contributed by atoms with Crippen molar-refractivity contribution >= 4 is 37.5 Å². The molecular weight excluding hydrogens is 382 g/mol. The molecule has 0 atom stereocenters. The Bertz CT molecular complexity index is 617. The number of hydrogen-bond acceptors (Lipinski definition) is 2. The summed E-state index contributed by atoms with van der Waals surface area (Å²) in [5.74, 6) is 0.839. The lowest BCUT2D eigenvalue weighted by atomic mass is 10.1. The zero-order valence-electron chi connectivity index (χ0n) is 11.1. The number of anilines is 1. The van der Waals surface area contributed by atoms with Gasteiger partial charge in [-0.25, -0.2) is 0 Å². The van der Waals surface area contributed by atoms with Gasteiger partial charge in [0.25, 0.3) is 0 Å². The summed E-state index contributed by atoms with van der Waals surface area (Å²) >= 11 is 7.10. The van der Waals surface area contributed by atoms with Gasteiger partial charge in [-0.2, -0.15) is 0 Å². The fraction of sp³-hybridized carbons (Fsp3) is 0.250. The molecule has 0 aromatic heterocycles.